The molecule has 8 heteroatoms. The van der Waals surface area contributed by atoms with E-state index in [1.807, 2.05) is 55.5 Å². The van der Waals surface area contributed by atoms with E-state index in [-0.39, 0.29) is 12.5 Å². The highest BCUT2D eigenvalue weighted by Gasteiger charge is 2.34. The molecule has 1 N–H and O–H groups in total. The molecule has 2 aromatic carbocycles. The predicted octanol–water partition coefficient (Wildman–Crippen LogP) is 2.07. The summed E-state index contributed by atoms with van der Waals surface area (Å²) in [4.78, 5) is 12.3. The quantitative estimate of drug-likeness (QED) is 0.748. The van der Waals surface area contributed by atoms with Crippen LogP contribution in [0.3, 0.4) is 0 Å². The predicted molar refractivity (Wildman–Crippen MR) is 112 cm³/mol. The molecule has 0 radical (unpaired) electrons. The molecule has 3 rings (SSSR count). The van der Waals surface area contributed by atoms with Crippen molar-refractivity contribution in [2.45, 2.75) is 26.4 Å². The van der Waals surface area contributed by atoms with Gasteiger partial charge in [-0.05, 0) is 36.6 Å². The van der Waals surface area contributed by atoms with Gasteiger partial charge in [-0.3, -0.25) is 4.79 Å². The Labute approximate surface area is 172 Å². The summed E-state index contributed by atoms with van der Waals surface area (Å²) < 4.78 is 33.7. The van der Waals surface area contributed by atoms with Crippen molar-refractivity contribution in [1.82, 2.24) is 13.9 Å². The number of carbonyl (C=O) groups is 1. The average Bonchev–Trinajstić information content (AvgIpc) is 2.71. The van der Waals surface area contributed by atoms with Gasteiger partial charge in [-0.2, -0.15) is 17.0 Å². The van der Waals surface area contributed by atoms with Gasteiger partial charge >= 0.3 is 0 Å². The summed E-state index contributed by atoms with van der Waals surface area (Å²) in [5.41, 5.74) is 2.98. The molecule has 1 aliphatic rings. The summed E-state index contributed by atoms with van der Waals surface area (Å²) in [5.74, 6) is 0.426. The SMILES string of the molecule is COc1ccc(CNC(=O)CN2CCCN(Cc3ccc(C)cc3)S2(=O)=O)cc1. The number of carbonyl (C=O) groups excluding carboxylic acids is 1. The molecule has 7 nitrogen and oxygen atoms in total. The number of hydrogen-bond acceptors (Lipinski definition) is 4. The first-order valence-electron chi connectivity index (χ1n) is 9.59. The maximum Gasteiger partial charge on any atom is 0.282 e. The summed E-state index contributed by atoms with van der Waals surface area (Å²) in [6, 6.07) is 15.2. The van der Waals surface area contributed by atoms with E-state index in [2.05, 4.69) is 5.32 Å². The summed E-state index contributed by atoms with van der Waals surface area (Å²) >= 11 is 0. The van der Waals surface area contributed by atoms with Crippen LogP contribution in [0, 0.1) is 6.92 Å². The minimum atomic E-state index is -3.67. The Bertz CT molecular complexity index is 927. The van der Waals surface area contributed by atoms with Crippen molar-refractivity contribution in [3.05, 3.63) is 65.2 Å². The van der Waals surface area contributed by atoms with E-state index < -0.39 is 10.2 Å². The van der Waals surface area contributed by atoms with Gasteiger partial charge in [-0.1, -0.05) is 42.0 Å². The van der Waals surface area contributed by atoms with Gasteiger partial charge in [-0.25, -0.2) is 0 Å². The van der Waals surface area contributed by atoms with E-state index >= 15 is 0 Å². The molecule has 0 aromatic heterocycles. The van der Waals surface area contributed by atoms with E-state index in [4.69, 9.17) is 4.74 Å². The maximum absolute atomic E-state index is 12.9. The second-order valence-electron chi connectivity index (χ2n) is 7.14. The largest absolute Gasteiger partial charge is 0.497 e. The van der Waals surface area contributed by atoms with Crippen LogP contribution >= 0.6 is 0 Å². The highest BCUT2D eigenvalue weighted by atomic mass is 32.2. The van der Waals surface area contributed by atoms with Crippen LogP contribution < -0.4 is 10.1 Å². The molecule has 0 aliphatic carbocycles. The number of amides is 1. The lowest BCUT2D eigenvalue weighted by molar-refractivity contribution is -0.121. The van der Waals surface area contributed by atoms with Gasteiger partial charge in [0, 0.05) is 26.2 Å². The molecule has 1 saturated heterocycles. The number of nitrogens with one attached hydrogen (secondary N) is 1. The fourth-order valence-corrected chi connectivity index (χ4v) is 4.83. The van der Waals surface area contributed by atoms with E-state index in [1.165, 1.54) is 8.61 Å². The topological polar surface area (TPSA) is 79.0 Å². The minimum Gasteiger partial charge on any atom is -0.497 e. The molecule has 29 heavy (non-hydrogen) atoms. The van der Waals surface area contributed by atoms with Crippen LogP contribution in [0.15, 0.2) is 48.5 Å². The van der Waals surface area contributed by atoms with Crippen LogP contribution in [-0.2, 0) is 28.1 Å². The van der Waals surface area contributed by atoms with Crippen molar-refractivity contribution in [3.63, 3.8) is 0 Å². The molecule has 1 aliphatic heterocycles. The molecule has 1 heterocycles. The highest BCUT2D eigenvalue weighted by molar-refractivity contribution is 7.86. The molecule has 1 fully saturated rings. The zero-order valence-corrected chi connectivity index (χ0v) is 17.6. The van der Waals surface area contributed by atoms with E-state index in [1.54, 1.807) is 7.11 Å². The lowest BCUT2D eigenvalue weighted by Gasteiger charge is -2.34. The Hall–Kier alpha value is -2.42. The number of aryl methyl sites for hydroxylation is 1. The Morgan fingerprint density at radius 3 is 2.28 bits per heavy atom. The fourth-order valence-electron chi connectivity index (χ4n) is 3.20. The van der Waals surface area contributed by atoms with Crippen LogP contribution in [0.1, 0.15) is 23.1 Å². The van der Waals surface area contributed by atoms with Crippen molar-refractivity contribution in [3.8, 4) is 5.75 Å². The third-order valence-corrected chi connectivity index (χ3v) is 6.84. The van der Waals surface area contributed by atoms with Crippen molar-refractivity contribution in [1.29, 1.82) is 0 Å². The van der Waals surface area contributed by atoms with Crippen LogP contribution in [0.25, 0.3) is 0 Å². The monoisotopic (exact) mass is 417 g/mol. The highest BCUT2D eigenvalue weighted by Crippen LogP contribution is 2.19. The Balaban J connectivity index is 1.57. The normalized spacial score (nSPS) is 17.0. The second kappa shape index (κ2) is 9.39. The lowest BCUT2D eigenvalue weighted by Crippen LogP contribution is -2.52. The smallest absolute Gasteiger partial charge is 0.282 e. The van der Waals surface area contributed by atoms with E-state index in [0.29, 0.717) is 32.6 Å². The van der Waals surface area contributed by atoms with Crippen molar-refractivity contribution < 1.29 is 17.9 Å². The van der Waals surface area contributed by atoms with Crippen LogP contribution in [0.2, 0.25) is 0 Å². The van der Waals surface area contributed by atoms with Gasteiger partial charge in [-0.15, -0.1) is 0 Å². The Morgan fingerprint density at radius 2 is 1.62 bits per heavy atom. The van der Waals surface area contributed by atoms with Crippen molar-refractivity contribution in [2.24, 2.45) is 0 Å². The molecule has 0 spiro atoms. The second-order valence-corrected chi connectivity index (χ2v) is 9.07. The first-order valence-corrected chi connectivity index (χ1v) is 11.0. The first-order chi connectivity index (χ1) is 13.9. The third-order valence-electron chi connectivity index (χ3n) is 4.92. The number of rotatable bonds is 7. The van der Waals surface area contributed by atoms with Crippen LogP contribution in [0.5, 0.6) is 5.75 Å². The summed E-state index contributed by atoms with van der Waals surface area (Å²) in [6.07, 6.45) is 0.691. The number of benzene rings is 2. The first kappa shape index (κ1) is 21.3. The standard InChI is InChI=1S/C21H27N3O4S/c1-17-4-6-19(7-5-17)15-23-12-3-13-24(29(23,26)27)16-21(25)22-14-18-8-10-20(28-2)11-9-18/h4-11H,3,12-16H2,1-2H3,(H,22,25). The van der Waals surface area contributed by atoms with Crippen molar-refractivity contribution in [2.75, 3.05) is 26.7 Å². The van der Waals surface area contributed by atoms with Crippen molar-refractivity contribution >= 4 is 16.1 Å². The van der Waals surface area contributed by atoms with Crippen LogP contribution in [-0.4, -0.2) is 49.7 Å². The van der Waals surface area contributed by atoms with Gasteiger partial charge < -0.3 is 10.1 Å². The number of nitrogens with zero attached hydrogens (tertiary/aromatic N) is 2. The summed E-state index contributed by atoms with van der Waals surface area (Å²) in [6.45, 7) is 3.27. The maximum atomic E-state index is 12.9. The molecule has 0 atom stereocenters. The number of ether oxygens (including phenoxy) is 1. The Morgan fingerprint density at radius 1 is 1.00 bits per heavy atom. The molecule has 2 aromatic rings. The van der Waals surface area contributed by atoms with E-state index in [9.17, 15) is 13.2 Å². The zero-order valence-electron chi connectivity index (χ0n) is 16.8. The Kier molecular flexibility index (Phi) is 6.89. The van der Waals surface area contributed by atoms with Gasteiger partial charge in [0.05, 0.1) is 13.7 Å². The third kappa shape index (κ3) is 5.56. The fraction of sp³-hybridized carbons (Fsp3) is 0.381. The number of methoxy groups -OCH3 is 1. The molecule has 0 bridgehead atoms. The van der Waals surface area contributed by atoms with Gasteiger partial charge in [0.15, 0.2) is 0 Å². The summed E-state index contributed by atoms with van der Waals surface area (Å²) in [7, 11) is -2.08. The molecular formula is C21H27N3O4S. The van der Waals surface area contributed by atoms with Crippen LogP contribution in [0.4, 0.5) is 0 Å². The molecule has 0 saturated carbocycles. The average molecular weight is 418 g/mol. The molecule has 156 valence electrons. The molecule has 0 unspecified atom stereocenters. The summed E-state index contributed by atoms with van der Waals surface area (Å²) in [5, 5.41) is 2.79. The molecular weight excluding hydrogens is 390 g/mol. The zero-order chi connectivity index (χ0) is 20.9. The van der Waals surface area contributed by atoms with Gasteiger partial charge in [0.2, 0.25) is 5.91 Å². The molecule has 1 amide bonds. The lowest BCUT2D eigenvalue weighted by atomic mass is 10.1. The van der Waals surface area contributed by atoms with Gasteiger partial charge in [0.1, 0.15) is 5.75 Å². The van der Waals surface area contributed by atoms with Gasteiger partial charge in [0.25, 0.3) is 10.2 Å². The van der Waals surface area contributed by atoms with E-state index in [0.717, 1.165) is 22.4 Å². The number of hydrogen-bond donors (Lipinski definition) is 1. The minimum absolute atomic E-state index is 0.178.